The van der Waals surface area contributed by atoms with Gasteiger partial charge in [0.2, 0.25) is 5.91 Å². The smallest absolute Gasteiger partial charge is 0.321 e. The van der Waals surface area contributed by atoms with Gasteiger partial charge in [-0.25, -0.2) is 0 Å². The molecule has 0 bridgehead atoms. The number of hydrogen-bond acceptors (Lipinski definition) is 5. The lowest BCUT2D eigenvalue weighted by atomic mass is 10.2. The highest BCUT2D eigenvalue weighted by molar-refractivity contribution is 5.93. The van der Waals surface area contributed by atoms with Crippen LogP contribution in [0.25, 0.3) is 0 Å². The van der Waals surface area contributed by atoms with Gasteiger partial charge in [-0.05, 0) is 12.1 Å². The number of aliphatic hydroxyl groups excluding tert-OH is 1. The van der Waals surface area contributed by atoms with Crippen LogP contribution in [0.5, 0.6) is 0 Å². The summed E-state index contributed by atoms with van der Waals surface area (Å²) in [5.74, 6) is -1.56. The SMILES string of the molecule is O=C(CC(NCCO)C(=O)O)Nc1cccnc1. The van der Waals surface area contributed by atoms with Gasteiger partial charge in [0, 0.05) is 12.7 Å². The van der Waals surface area contributed by atoms with E-state index in [1.54, 1.807) is 18.3 Å². The third-order valence-corrected chi connectivity index (χ3v) is 2.14. The van der Waals surface area contributed by atoms with Crippen LogP contribution in [0.2, 0.25) is 0 Å². The number of carbonyl (C=O) groups is 2. The number of carboxylic acids is 1. The number of aliphatic hydroxyl groups is 1. The minimum atomic E-state index is -1.13. The van der Waals surface area contributed by atoms with Crippen molar-refractivity contribution in [3.05, 3.63) is 24.5 Å². The number of pyridine rings is 1. The lowest BCUT2D eigenvalue weighted by Crippen LogP contribution is -2.41. The normalized spacial score (nSPS) is 11.8. The third-order valence-electron chi connectivity index (χ3n) is 2.14. The minimum Gasteiger partial charge on any atom is -0.480 e. The van der Waals surface area contributed by atoms with Gasteiger partial charge in [-0.3, -0.25) is 14.6 Å². The van der Waals surface area contributed by atoms with Gasteiger partial charge in [-0.15, -0.1) is 0 Å². The van der Waals surface area contributed by atoms with Crippen molar-refractivity contribution >= 4 is 17.6 Å². The maximum atomic E-state index is 11.6. The van der Waals surface area contributed by atoms with Crippen LogP contribution in [0, 0.1) is 0 Å². The molecule has 0 aliphatic heterocycles. The van der Waals surface area contributed by atoms with Crippen molar-refractivity contribution in [2.75, 3.05) is 18.5 Å². The van der Waals surface area contributed by atoms with Crippen LogP contribution in [-0.2, 0) is 9.59 Å². The largest absolute Gasteiger partial charge is 0.480 e. The van der Waals surface area contributed by atoms with Crippen LogP contribution < -0.4 is 10.6 Å². The molecule has 7 nitrogen and oxygen atoms in total. The highest BCUT2D eigenvalue weighted by Crippen LogP contribution is 2.04. The number of aliphatic carboxylic acids is 1. The number of carbonyl (C=O) groups excluding carboxylic acids is 1. The maximum absolute atomic E-state index is 11.6. The van der Waals surface area contributed by atoms with Crippen molar-refractivity contribution in [1.29, 1.82) is 0 Å². The number of nitrogens with one attached hydrogen (secondary N) is 2. The summed E-state index contributed by atoms with van der Waals surface area (Å²) in [5.41, 5.74) is 0.508. The van der Waals surface area contributed by atoms with Crippen molar-refractivity contribution in [2.24, 2.45) is 0 Å². The van der Waals surface area contributed by atoms with Gasteiger partial charge >= 0.3 is 5.97 Å². The van der Waals surface area contributed by atoms with Gasteiger partial charge in [0.25, 0.3) is 0 Å². The van der Waals surface area contributed by atoms with Crippen LogP contribution in [0.1, 0.15) is 6.42 Å². The third kappa shape index (κ3) is 4.89. The van der Waals surface area contributed by atoms with E-state index in [1.807, 2.05) is 0 Å². The highest BCUT2D eigenvalue weighted by atomic mass is 16.4. The fourth-order valence-corrected chi connectivity index (χ4v) is 1.32. The molecule has 0 saturated heterocycles. The van der Waals surface area contributed by atoms with Crippen molar-refractivity contribution in [3.63, 3.8) is 0 Å². The monoisotopic (exact) mass is 253 g/mol. The molecular formula is C11H15N3O4. The summed E-state index contributed by atoms with van der Waals surface area (Å²) in [6, 6.07) is 2.30. The van der Waals surface area contributed by atoms with Gasteiger partial charge in [-0.1, -0.05) is 0 Å². The molecule has 1 aromatic rings. The van der Waals surface area contributed by atoms with E-state index >= 15 is 0 Å². The second kappa shape index (κ2) is 7.36. The first-order valence-electron chi connectivity index (χ1n) is 5.40. The average molecular weight is 253 g/mol. The molecule has 0 aliphatic carbocycles. The Morgan fingerprint density at radius 3 is 2.78 bits per heavy atom. The fourth-order valence-electron chi connectivity index (χ4n) is 1.32. The number of carboxylic acid groups (broad SMARTS) is 1. The second-order valence-corrected chi connectivity index (χ2v) is 3.56. The molecule has 0 aromatic carbocycles. The lowest BCUT2D eigenvalue weighted by Gasteiger charge is -2.13. The van der Waals surface area contributed by atoms with Crippen molar-refractivity contribution in [3.8, 4) is 0 Å². The topological polar surface area (TPSA) is 112 Å². The van der Waals surface area contributed by atoms with E-state index in [-0.39, 0.29) is 19.6 Å². The first-order chi connectivity index (χ1) is 8.63. The van der Waals surface area contributed by atoms with E-state index in [9.17, 15) is 9.59 Å². The molecule has 0 fully saturated rings. The van der Waals surface area contributed by atoms with E-state index in [4.69, 9.17) is 10.2 Å². The number of nitrogens with zero attached hydrogens (tertiary/aromatic N) is 1. The van der Waals surface area contributed by atoms with Crippen LogP contribution in [0.4, 0.5) is 5.69 Å². The molecule has 1 atom stereocenters. The van der Waals surface area contributed by atoms with E-state index in [0.717, 1.165) is 0 Å². The van der Waals surface area contributed by atoms with Gasteiger partial charge in [0.05, 0.1) is 24.9 Å². The predicted molar refractivity (Wildman–Crippen MR) is 64.0 cm³/mol. The van der Waals surface area contributed by atoms with Crippen molar-refractivity contribution in [2.45, 2.75) is 12.5 Å². The summed E-state index contributed by atoms with van der Waals surface area (Å²) in [7, 11) is 0. The Morgan fingerprint density at radius 2 is 2.22 bits per heavy atom. The number of anilines is 1. The summed E-state index contributed by atoms with van der Waals surface area (Å²) in [6.07, 6.45) is 2.82. The maximum Gasteiger partial charge on any atom is 0.321 e. The molecule has 1 heterocycles. The molecule has 0 aliphatic rings. The Labute approximate surface area is 104 Å². The Kier molecular flexibility index (Phi) is 5.75. The summed E-state index contributed by atoms with van der Waals surface area (Å²) in [4.78, 5) is 26.3. The molecule has 1 amide bonds. The molecule has 0 spiro atoms. The molecule has 98 valence electrons. The molecule has 7 heteroatoms. The zero-order valence-corrected chi connectivity index (χ0v) is 9.67. The standard InChI is InChI=1S/C11H15N3O4/c15-5-4-13-9(11(17)18)6-10(16)14-8-2-1-3-12-7-8/h1-3,7,9,13,15H,4-6H2,(H,14,16)(H,17,18). The quantitative estimate of drug-likeness (QED) is 0.518. The number of hydrogen-bond donors (Lipinski definition) is 4. The van der Waals surface area contributed by atoms with E-state index in [2.05, 4.69) is 15.6 Å². The summed E-state index contributed by atoms with van der Waals surface area (Å²) in [6.45, 7) is -0.0643. The van der Waals surface area contributed by atoms with Gasteiger partial charge in [0.1, 0.15) is 6.04 Å². The molecule has 1 unspecified atom stereocenters. The lowest BCUT2D eigenvalue weighted by molar-refractivity contribution is -0.141. The first-order valence-corrected chi connectivity index (χ1v) is 5.40. The van der Waals surface area contributed by atoms with Crippen LogP contribution >= 0.6 is 0 Å². The molecule has 1 rings (SSSR count). The molecule has 0 saturated carbocycles. The van der Waals surface area contributed by atoms with Gasteiger partial charge in [0.15, 0.2) is 0 Å². The van der Waals surface area contributed by atoms with Gasteiger partial charge < -0.3 is 20.8 Å². The highest BCUT2D eigenvalue weighted by Gasteiger charge is 2.20. The van der Waals surface area contributed by atoms with Crippen LogP contribution in [0.15, 0.2) is 24.5 Å². The number of amides is 1. The van der Waals surface area contributed by atoms with Crippen LogP contribution in [-0.4, -0.2) is 46.3 Å². The van der Waals surface area contributed by atoms with E-state index in [0.29, 0.717) is 5.69 Å². The zero-order valence-electron chi connectivity index (χ0n) is 9.67. The molecule has 1 aromatic heterocycles. The summed E-state index contributed by atoms with van der Waals surface area (Å²) >= 11 is 0. The Balaban J connectivity index is 2.48. The number of rotatable bonds is 7. The van der Waals surface area contributed by atoms with E-state index < -0.39 is 17.9 Å². The second-order valence-electron chi connectivity index (χ2n) is 3.56. The summed E-state index contributed by atoms with van der Waals surface area (Å²) in [5, 5.41) is 22.6. The fraction of sp³-hybridized carbons (Fsp3) is 0.364. The van der Waals surface area contributed by atoms with E-state index in [1.165, 1.54) is 6.20 Å². The first kappa shape index (κ1) is 14.1. The molecule has 0 radical (unpaired) electrons. The van der Waals surface area contributed by atoms with Crippen LogP contribution in [0.3, 0.4) is 0 Å². The molecular weight excluding hydrogens is 238 g/mol. The molecule has 18 heavy (non-hydrogen) atoms. The Bertz CT molecular complexity index is 397. The zero-order chi connectivity index (χ0) is 13.4. The average Bonchev–Trinajstić information content (AvgIpc) is 2.35. The minimum absolute atomic E-state index is 0.122. The predicted octanol–water partition coefficient (Wildman–Crippen LogP) is -0.555. The Hall–Kier alpha value is -1.99. The molecule has 4 N–H and O–H groups in total. The number of aromatic nitrogens is 1. The Morgan fingerprint density at radius 1 is 1.44 bits per heavy atom. The van der Waals surface area contributed by atoms with Gasteiger partial charge in [-0.2, -0.15) is 0 Å². The summed E-state index contributed by atoms with van der Waals surface area (Å²) < 4.78 is 0. The van der Waals surface area contributed by atoms with Crippen molar-refractivity contribution in [1.82, 2.24) is 10.3 Å². The van der Waals surface area contributed by atoms with Crippen molar-refractivity contribution < 1.29 is 19.8 Å².